The van der Waals surface area contributed by atoms with Crippen molar-refractivity contribution in [2.75, 3.05) is 19.0 Å². The topological polar surface area (TPSA) is 165 Å². The van der Waals surface area contributed by atoms with Gasteiger partial charge in [0.1, 0.15) is 17.3 Å². The lowest BCUT2D eigenvalue weighted by Crippen LogP contribution is -2.38. The number of carbonyl (C=O) groups is 3. The number of nitrogens with one attached hydrogen (secondary N) is 2. The van der Waals surface area contributed by atoms with E-state index in [9.17, 15) is 19.5 Å². The third-order valence-electron chi connectivity index (χ3n) is 7.94. The number of methoxy groups -OCH3 is 1. The van der Waals surface area contributed by atoms with Crippen molar-refractivity contribution in [3.8, 4) is 0 Å². The van der Waals surface area contributed by atoms with Gasteiger partial charge in [0.15, 0.2) is 5.13 Å². The van der Waals surface area contributed by atoms with Crippen molar-refractivity contribution in [2.45, 2.75) is 30.5 Å². The average molecular weight is 692 g/mol. The molecule has 11 nitrogen and oxygen atoms in total. The molecule has 256 valence electrons. The molecule has 0 spiro atoms. The zero-order valence-electron chi connectivity index (χ0n) is 27.3. The number of anilines is 1. The lowest BCUT2D eigenvalue weighted by molar-refractivity contribution is -0.142. The van der Waals surface area contributed by atoms with Crippen LogP contribution in [0.4, 0.5) is 5.13 Å². The van der Waals surface area contributed by atoms with Gasteiger partial charge in [0.25, 0.3) is 5.91 Å². The largest absolute Gasteiger partial charge is 0.476 e. The van der Waals surface area contributed by atoms with E-state index in [1.165, 1.54) is 18.4 Å². The van der Waals surface area contributed by atoms with Gasteiger partial charge in [-0.15, -0.1) is 11.3 Å². The number of aromatic nitrogens is 1. The molecule has 1 aliphatic rings. The normalized spacial score (nSPS) is 14.8. The Labute approximate surface area is 293 Å². The first kappa shape index (κ1) is 35.5. The van der Waals surface area contributed by atoms with Gasteiger partial charge in [-0.1, -0.05) is 126 Å². The van der Waals surface area contributed by atoms with Crippen LogP contribution < -0.4 is 16.4 Å². The summed E-state index contributed by atoms with van der Waals surface area (Å²) in [5.41, 5.74) is 8.57. The number of esters is 1. The van der Waals surface area contributed by atoms with Crippen LogP contribution >= 0.6 is 11.3 Å². The van der Waals surface area contributed by atoms with E-state index in [-0.39, 0.29) is 23.3 Å². The Morgan fingerprint density at radius 3 is 1.92 bits per heavy atom. The molecule has 4 aromatic carbocycles. The first-order chi connectivity index (χ1) is 24.3. The minimum absolute atomic E-state index is 0.140. The van der Waals surface area contributed by atoms with E-state index in [1.807, 2.05) is 121 Å². The molecule has 1 amide bonds. The van der Waals surface area contributed by atoms with Crippen LogP contribution in [0.1, 0.15) is 34.4 Å². The minimum atomic E-state index is -1.30. The number of rotatable bonds is 12. The summed E-state index contributed by atoms with van der Waals surface area (Å²) in [6, 6.07) is 39.1. The molecule has 2 atom stereocenters. The van der Waals surface area contributed by atoms with Crippen LogP contribution in [-0.4, -0.2) is 59.4 Å². The number of amides is 1. The van der Waals surface area contributed by atoms with Gasteiger partial charge in [-0.3, -0.25) is 9.59 Å². The molecule has 1 aromatic heterocycles. The summed E-state index contributed by atoms with van der Waals surface area (Å²) < 4.78 is 4.52. The van der Waals surface area contributed by atoms with Crippen molar-refractivity contribution in [1.29, 1.82) is 0 Å². The van der Waals surface area contributed by atoms with Crippen LogP contribution in [0.15, 0.2) is 132 Å². The molecule has 0 saturated carbocycles. The molecule has 50 heavy (non-hydrogen) atoms. The number of aliphatic carboxylic acids is 1. The molecule has 6 rings (SSSR count). The molecular formula is C38H37N5O6S. The zero-order chi connectivity index (χ0) is 35.3. The average Bonchev–Trinajstić information content (AvgIpc) is 3.80. The maximum atomic E-state index is 12.0. The van der Waals surface area contributed by atoms with Gasteiger partial charge in [-0.2, -0.15) is 0 Å². The highest BCUT2D eigenvalue weighted by molar-refractivity contribution is 7.14. The molecule has 5 aromatic rings. The molecule has 1 aliphatic heterocycles. The molecular weight excluding hydrogens is 655 g/mol. The maximum absolute atomic E-state index is 12.0. The number of carboxylic acid groups (broad SMARTS) is 1. The smallest absolute Gasteiger partial charge is 0.360 e. The SMILES string of the molecule is COC(=O)[C@@H](N)Cc1ccccc1.O=C(O)C(=NO[C@H]1CCNC1=O)c1csc(NC(c2ccccc2)(c2ccccc2)c2ccccc2)n1. The molecule has 0 unspecified atom stereocenters. The van der Waals surface area contributed by atoms with Crippen LogP contribution in [-0.2, 0) is 35.9 Å². The second-order valence-electron chi connectivity index (χ2n) is 11.2. The molecule has 5 N–H and O–H groups in total. The molecule has 1 fully saturated rings. The predicted octanol–water partition coefficient (Wildman–Crippen LogP) is 4.97. The van der Waals surface area contributed by atoms with Gasteiger partial charge in [-0.25, -0.2) is 9.78 Å². The van der Waals surface area contributed by atoms with Gasteiger partial charge < -0.3 is 31.0 Å². The number of carbonyl (C=O) groups excluding carboxylic acids is 2. The van der Waals surface area contributed by atoms with Gasteiger partial charge in [0, 0.05) is 18.3 Å². The van der Waals surface area contributed by atoms with Gasteiger partial charge in [0.05, 0.1) is 7.11 Å². The highest BCUT2D eigenvalue weighted by Crippen LogP contribution is 2.40. The Hall–Kier alpha value is -5.85. The fourth-order valence-electron chi connectivity index (χ4n) is 5.47. The monoisotopic (exact) mass is 691 g/mol. The van der Waals surface area contributed by atoms with Crippen LogP contribution in [0.5, 0.6) is 0 Å². The number of carboxylic acids is 1. The number of hydrogen-bond acceptors (Lipinski definition) is 10. The van der Waals surface area contributed by atoms with Crippen molar-refractivity contribution < 1.29 is 29.1 Å². The minimum Gasteiger partial charge on any atom is -0.476 e. The van der Waals surface area contributed by atoms with E-state index in [0.29, 0.717) is 24.5 Å². The van der Waals surface area contributed by atoms with Crippen LogP contribution in [0.3, 0.4) is 0 Å². The van der Waals surface area contributed by atoms with E-state index in [0.717, 1.165) is 22.3 Å². The molecule has 1 saturated heterocycles. The molecule has 2 heterocycles. The number of oxime groups is 1. The van der Waals surface area contributed by atoms with Crippen molar-refractivity contribution in [3.63, 3.8) is 0 Å². The fourth-order valence-corrected chi connectivity index (χ4v) is 6.22. The van der Waals surface area contributed by atoms with Crippen molar-refractivity contribution in [3.05, 3.63) is 155 Å². The zero-order valence-corrected chi connectivity index (χ0v) is 28.1. The van der Waals surface area contributed by atoms with Crippen LogP contribution in [0, 0.1) is 0 Å². The summed E-state index contributed by atoms with van der Waals surface area (Å²) in [5, 5.41) is 21.9. The Morgan fingerprint density at radius 2 is 1.46 bits per heavy atom. The number of nitrogens with two attached hydrogens (primary N) is 1. The summed E-state index contributed by atoms with van der Waals surface area (Å²) in [6.07, 6.45) is 0.132. The van der Waals surface area contributed by atoms with Crippen LogP contribution in [0.2, 0.25) is 0 Å². The number of ether oxygens (including phenoxy) is 1. The number of nitrogens with zero attached hydrogens (tertiary/aromatic N) is 2. The van der Waals surface area contributed by atoms with Crippen molar-refractivity contribution >= 4 is 40.0 Å². The first-order valence-electron chi connectivity index (χ1n) is 15.8. The van der Waals surface area contributed by atoms with E-state index < -0.39 is 23.7 Å². The summed E-state index contributed by atoms with van der Waals surface area (Å²) >= 11 is 1.26. The fraction of sp³-hybridized carbons (Fsp3) is 0.184. The Bertz CT molecular complexity index is 1790. The predicted molar refractivity (Wildman–Crippen MR) is 192 cm³/mol. The quantitative estimate of drug-likeness (QED) is 0.0612. The standard InChI is InChI=1S/C28H24N4O4S.C10H13NO2/c33-25-23(16-17-29-25)36-32-24(26(34)35)22-18-37-27(30-22)31-28(19-10-4-1-5-11-19,20-12-6-2-7-13-20)21-14-8-3-9-15-21;1-13-10(12)9(11)7-8-5-3-2-4-6-8/h1-15,18,23H,16-17H2,(H,29,33)(H,30,31)(H,34,35);2-6,9H,7,11H2,1H3/t23-;9-/m00/s1. The summed E-state index contributed by atoms with van der Waals surface area (Å²) in [4.78, 5) is 44.6. The highest BCUT2D eigenvalue weighted by Gasteiger charge is 2.37. The third kappa shape index (κ3) is 8.59. The lowest BCUT2D eigenvalue weighted by atomic mass is 9.77. The number of hydrogen-bond donors (Lipinski definition) is 4. The summed E-state index contributed by atoms with van der Waals surface area (Å²) in [5.74, 6) is -1.98. The van der Waals surface area contributed by atoms with Crippen molar-refractivity contribution in [2.24, 2.45) is 10.9 Å². The Balaban J connectivity index is 0.000000315. The summed E-state index contributed by atoms with van der Waals surface area (Å²) in [6.45, 7) is 0.465. The van der Waals surface area contributed by atoms with E-state index in [2.05, 4.69) is 25.5 Å². The van der Waals surface area contributed by atoms with E-state index in [4.69, 9.17) is 10.6 Å². The maximum Gasteiger partial charge on any atom is 0.360 e. The Morgan fingerprint density at radius 1 is 0.940 bits per heavy atom. The molecule has 12 heteroatoms. The lowest BCUT2D eigenvalue weighted by Gasteiger charge is -2.36. The van der Waals surface area contributed by atoms with Gasteiger partial charge in [-0.05, 0) is 28.7 Å². The van der Waals surface area contributed by atoms with Gasteiger partial charge >= 0.3 is 11.9 Å². The second kappa shape index (κ2) is 17.0. The summed E-state index contributed by atoms with van der Waals surface area (Å²) in [7, 11) is 1.34. The van der Waals surface area contributed by atoms with E-state index in [1.54, 1.807) is 5.38 Å². The molecule has 0 radical (unpaired) electrons. The number of benzene rings is 4. The molecule has 0 aliphatic carbocycles. The number of thiazole rings is 1. The van der Waals surface area contributed by atoms with Gasteiger partial charge in [0.2, 0.25) is 11.8 Å². The van der Waals surface area contributed by atoms with Crippen molar-refractivity contribution in [1.82, 2.24) is 10.3 Å². The van der Waals surface area contributed by atoms with Crippen LogP contribution in [0.25, 0.3) is 0 Å². The molecule has 0 bridgehead atoms. The second-order valence-corrected chi connectivity index (χ2v) is 12.1. The highest BCUT2D eigenvalue weighted by atomic mass is 32.1. The Kier molecular flexibility index (Phi) is 12.1. The van der Waals surface area contributed by atoms with E-state index >= 15 is 0 Å². The first-order valence-corrected chi connectivity index (χ1v) is 16.7. The third-order valence-corrected chi connectivity index (χ3v) is 8.69.